The quantitative estimate of drug-likeness (QED) is 0.676. The fourth-order valence-electron chi connectivity index (χ4n) is 2.54. The molecule has 98 valence electrons. The molecule has 0 aliphatic carbocycles. The predicted octanol–water partition coefficient (Wildman–Crippen LogP) is 6.16. The molecule has 1 N–H and O–H groups in total. The summed E-state index contributed by atoms with van der Waals surface area (Å²) >= 11 is 12.3. The molecule has 0 saturated heterocycles. The normalized spacial score (nSPS) is 13.1. The van der Waals surface area contributed by atoms with Gasteiger partial charge in [-0.05, 0) is 36.5 Å². The van der Waals surface area contributed by atoms with Gasteiger partial charge in [-0.15, -0.1) is 0 Å². The maximum atomic E-state index is 6.21. The van der Waals surface area contributed by atoms with E-state index in [1.807, 2.05) is 6.07 Å². The van der Waals surface area contributed by atoms with Crippen LogP contribution in [0, 0.1) is 0 Å². The smallest absolute Gasteiger partial charge is 0.0661 e. The Morgan fingerprint density at radius 1 is 1.22 bits per heavy atom. The zero-order valence-electron chi connectivity index (χ0n) is 10.9. The van der Waals surface area contributed by atoms with E-state index in [2.05, 4.69) is 25.0 Å². The number of hydrogen-bond donors (Lipinski definition) is 1. The third-order valence-corrected chi connectivity index (χ3v) is 4.09. The third-order valence-electron chi connectivity index (χ3n) is 3.58. The molecular weight excluding hydrogens is 265 g/mol. The summed E-state index contributed by atoms with van der Waals surface area (Å²) in [6.07, 6.45) is 6.97. The van der Waals surface area contributed by atoms with Gasteiger partial charge in [0.05, 0.1) is 10.5 Å². The summed E-state index contributed by atoms with van der Waals surface area (Å²) in [5.41, 5.74) is 2.36. The van der Waals surface area contributed by atoms with E-state index in [-0.39, 0.29) is 0 Å². The van der Waals surface area contributed by atoms with E-state index in [1.54, 1.807) is 6.07 Å². The molecule has 2 rings (SSSR count). The highest BCUT2D eigenvalue weighted by Gasteiger charge is 2.15. The van der Waals surface area contributed by atoms with Gasteiger partial charge < -0.3 is 4.98 Å². The van der Waals surface area contributed by atoms with E-state index in [9.17, 15) is 0 Å². The minimum Gasteiger partial charge on any atom is -0.360 e. The molecule has 0 amide bonds. The third kappa shape index (κ3) is 2.67. The number of H-pyrrole nitrogens is 1. The molecule has 2 aromatic rings. The van der Waals surface area contributed by atoms with Crippen molar-refractivity contribution in [1.29, 1.82) is 0 Å². The molecule has 0 radical (unpaired) electrons. The van der Waals surface area contributed by atoms with Crippen molar-refractivity contribution < 1.29 is 0 Å². The van der Waals surface area contributed by atoms with Gasteiger partial charge in [0.2, 0.25) is 0 Å². The van der Waals surface area contributed by atoms with Crippen LogP contribution in [0.3, 0.4) is 0 Å². The van der Waals surface area contributed by atoms with Crippen molar-refractivity contribution in [2.24, 2.45) is 0 Å². The standard InChI is InChI=1S/C15H19Cl2N/c1-3-5-6-10(4-2)13-9-18-15-12(13)7-11(16)8-14(15)17/h7-10,18H,3-6H2,1-2H3. The maximum absolute atomic E-state index is 6.21. The Kier molecular flexibility index (Phi) is 4.58. The van der Waals surface area contributed by atoms with Crippen molar-refractivity contribution in [2.75, 3.05) is 0 Å². The number of aromatic amines is 1. The first-order chi connectivity index (χ1) is 8.67. The Labute approximate surface area is 118 Å². The summed E-state index contributed by atoms with van der Waals surface area (Å²) in [5, 5.41) is 2.59. The Balaban J connectivity index is 2.43. The van der Waals surface area contributed by atoms with Crippen LogP contribution in [0.1, 0.15) is 51.0 Å². The molecule has 1 aromatic heterocycles. The number of hydrogen-bond acceptors (Lipinski definition) is 0. The lowest BCUT2D eigenvalue weighted by Crippen LogP contribution is -1.96. The Morgan fingerprint density at radius 2 is 2.00 bits per heavy atom. The molecule has 0 aliphatic heterocycles. The van der Waals surface area contributed by atoms with E-state index in [4.69, 9.17) is 23.2 Å². The van der Waals surface area contributed by atoms with Crippen LogP contribution in [0.2, 0.25) is 10.0 Å². The van der Waals surface area contributed by atoms with Crippen LogP contribution < -0.4 is 0 Å². The SMILES string of the molecule is CCCCC(CC)c1c[nH]c2c(Cl)cc(Cl)cc12. The summed E-state index contributed by atoms with van der Waals surface area (Å²) in [5.74, 6) is 0.591. The molecule has 0 spiro atoms. The molecule has 0 fully saturated rings. The van der Waals surface area contributed by atoms with Crippen molar-refractivity contribution >= 4 is 34.1 Å². The van der Waals surface area contributed by atoms with Gasteiger partial charge in [0, 0.05) is 16.6 Å². The van der Waals surface area contributed by atoms with Crippen LogP contribution in [0.4, 0.5) is 0 Å². The number of halogens is 2. The molecule has 0 aliphatic rings. The van der Waals surface area contributed by atoms with Gasteiger partial charge in [0.1, 0.15) is 0 Å². The van der Waals surface area contributed by atoms with Crippen LogP contribution in [-0.4, -0.2) is 4.98 Å². The minimum atomic E-state index is 0.591. The summed E-state index contributed by atoms with van der Waals surface area (Å²) in [6.45, 7) is 4.47. The summed E-state index contributed by atoms with van der Waals surface area (Å²) < 4.78 is 0. The van der Waals surface area contributed by atoms with Crippen LogP contribution >= 0.6 is 23.2 Å². The zero-order valence-corrected chi connectivity index (χ0v) is 12.4. The number of aromatic nitrogens is 1. The average molecular weight is 284 g/mol. The van der Waals surface area contributed by atoms with Gasteiger partial charge in [-0.25, -0.2) is 0 Å². The van der Waals surface area contributed by atoms with Gasteiger partial charge in [-0.1, -0.05) is 49.9 Å². The van der Waals surface area contributed by atoms with Crippen LogP contribution in [0.25, 0.3) is 10.9 Å². The van der Waals surface area contributed by atoms with Crippen molar-refractivity contribution in [3.8, 4) is 0 Å². The fourth-order valence-corrected chi connectivity index (χ4v) is 3.09. The molecule has 0 bridgehead atoms. The van der Waals surface area contributed by atoms with Crippen LogP contribution in [0.5, 0.6) is 0 Å². The predicted molar refractivity (Wildman–Crippen MR) is 80.9 cm³/mol. The number of benzene rings is 1. The van der Waals surface area contributed by atoms with Gasteiger partial charge in [-0.3, -0.25) is 0 Å². The highest BCUT2D eigenvalue weighted by Crippen LogP contribution is 2.35. The minimum absolute atomic E-state index is 0.591. The second-order valence-corrected chi connectivity index (χ2v) is 5.65. The van der Waals surface area contributed by atoms with Crippen molar-refractivity contribution in [1.82, 2.24) is 4.98 Å². The molecule has 3 heteroatoms. The van der Waals surface area contributed by atoms with E-state index >= 15 is 0 Å². The fraction of sp³-hybridized carbons (Fsp3) is 0.467. The first kappa shape index (κ1) is 13.8. The van der Waals surface area contributed by atoms with Crippen molar-refractivity contribution in [3.63, 3.8) is 0 Å². The molecule has 1 aromatic carbocycles. The first-order valence-electron chi connectivity index (χ1n) is 6.63. The van der Waals surface area contributed by atoms with Crippen LogP contribution in [-0.2, 0) is 0 Å². The second kappa shape index (κ2) is 5.99. The van der Waals surface area contributed by atoms with E-state index in [0.717, 1.165) is 11.9 Å². The van der Waals surface area contributed by atoms with E-state index < -0.39 is 0 Å². The average Bonchev–Trinajstić information content (AvgIpc) is 2.74. The topological polar surface area (TPSA) is 15.8 Å². The molecular formula is C15H19Cl2N. The molecule has 1 unspecified atom stereocenters. The lowest BCUT2D eigenvalue weighted by Gasteiger charge is -2.13. The number of rotatable bonds is 5. The molecule has 1 heterocycles. The van der Waals surface area contributed by atoms with Crippen LogP contribution in [0.15, 0.2) is 18.3 Å². The Bertz CT molecular complexity index is 531. The molecule has 1 nitrogen and oxygen atoms in total. The number of unbranched alkanes of at least 4 members (excludes halogenated alkanes) is 1. The van der Waals surface area contributed by atoms with Crippen molar-refractivity contribution in [3.05, 3.63) is 33.9 Å². The lowest BCUT2D eigenvalue weighted by molar-refractivity contribution is 0.573. The first-order valence-corrected chi connectivity index (χ1v) is 7.39. The summed E-state index contributed by atoms with van der Waals surface area (Å²) in [6, 6.07) is 3.81. The van der Waals surface area contributed by atoms with Gasteiger partial charge >= 0.3 is 0 Å². The summed E-state index contributed by atoms with van der Waals surface area (Å²) in [4.78, 5) is 3.28. The summed E-state index contributed by atoms with van der Waals surface area (Å²) in [7, 11) is 0. The monoisotopic (exact) mass is 283 g/mol. The van der Waals surface area contributed by atoms with E-state index in [1.165, 1.54) is 30.2 Å². The number of nitrogens with one attached hydrogen (secondary N) is 1. The molecule has 0 saturated carbocycles. The van der Waals surface area contributed by atoms with Crippen molar-refractivity contribution in [2.45, 2.75) is 45.4 Å². The highest BCUT2D eigenvalue weighted by atomic mass is 35.5. The second-order valence-electron chi connectivity index (χ2n) is 4.80. The van der Waals surface area contributed by atoms with Gasteiger partial charge in [-0.2, -0.15) is 0 Å². The largest absolute Gasteiger partial charge is 0.360 e. The lowest BCUT2D eigenvalue weighted by atomic mass is 9.91. The molecule has 18 heavy (non-hydrogen) atoms. The maximum Gasteiger partial charge on any atom is 0.0661 e. The number of fused-ring (bicyclic) bond motifs is 1. The van der Waals surface area contributed by atoms with Gasteiger partial charge in [0.25, 0.3) is 0 Å². The van der Waals surface area contributed by atoms with Gasteiger partial charge in [0.15, 0.2) is 0 Å². The highest BCUT2D eigenvalue weighted by molar-refractivity contribution is 6.38. The van der Waals surface area contributed by atoms with E-state index in [0.29, 0.717) is 16.0 Å². The molecule has 1 atom stereocenters. The zero-order chi connectivity index (χ0) is 13.1. The Hall–Kier alpha value is -0.660. The Morgan fingerprint density at radius 3 is 2.67 bits per heavy atom.